The maximum Gasteiger partial charge on any atom is 0.241 e. The first kappa shape index (κ1) is 17.7. The van der Waals surface area contributed by atoms with Crippen molar-refractivity contribution in [3.63, 3.8) is 0 Å². The standard InChI is InChI=1S/C15H24N2O3S/c1-11-9-12(2)15(13(3)10-11)21(19,20)17-8-6-5-7-16-14(4)18/h9-10,17H,5-8H2,1-4H3,(H,16,18). The number of hydrogen-bond acceptors (Lipinski definition) is 3. The average Bonchev–Trinajstić information content (AvgIpc) is 2.31. The van der Waals surface area contributed by atoms with Crippen LogP contribution in [0.4, 0.5) is 0 Å². The summed E-state index contributed by atoms with van der Waals surface area (Å²) in [5, 5.41) is 2.68. The minimum atomic E-state index is -3.48. The third kappa shape index (κ3) is 5.47. The molecule has 0 aliphatic heterocycles. The van der Waals surface area contributed by atoms with E-state index in [1.807, 2.05) is 32.9 Å². The van der Waals surface area contributed by atoms with Crippen molar-refractivity contribution in [1.29, 1.82) is 0 Å². The summed E-state index contributed by atoms with van der Waals surface area (Å²) in [6, 6.07) is 3.75. The molecule has 0 aromatic heterocycles. The lowest BCUT2D eigenvalue weighted by Gasteiger charge is -2.13. The molecule has 0 heterocycles. The van der Waals surface area contributed by atoms with Gasteiger partial charge in [-0.15, -0.1) is 0 Å². The van der Waals surface area contributed by atoms with Gasteiger partial charge in [0.1, 0.15) is 0 Å². The van der Waals surface area contributed by atoms with Crippen molar-refractivity contribution in [1.82, 2.24) is 10.0 Å². The quantitative estimate of drug-likeness (QED) is 0.754. The highest BCUT2D eigenvalue weighted by Crippen LogP contribution is 2.21. The van der Waals surface area contributed by atoms with Crippen LogP contribution in [0.1, 0.15) is 36.5 Å². The molecule has 21 heavy (non-hydrogen) atoms. The van der Waals surface area contributed by atoms with Crippen LogP contribution in [-0.4, -0.2) is 27.4 Å². The smallest absolute Gasteiger partial charge is 0.241 e. The predicted octanol–water partition coefficient (Wildman–Crippen LogP) is 1.81. The van der Waals surface area contributed by atoms with Crippen LogP contribution in [-0.2, 0) is 14.8 Å². The van der Waals surface area contributed by atoms with Gasteiger partial charge in [0.15, 0.2) is 0 Å². The summed E-state index contributed by atoms with van der Waals surface area (Å²) >= 11 is 0. The van der Waals surface area contributed by atoms with E-state index >= 15 is 0 Å². The van der Waals surface area contributed by atoms with Gasteiger partial charge in [-0.05, 0) is 44.7 Å². The molecule has 0 unspecified atom stereocenters. The van der Waals surface area contributed by atoms with Gasteiger partial charge >= 0.3 is 0 Å². The molecule has 1 rings (SSSR count). The first-order valence-corrected chi connectivity index (χ1v) is 8.54. The second kappa shape index (κ2) is 7.56. The minimum Gasteiger partial charge on any atom is -0.356 e. The molecule has 1 amide bonds. The maximum absolute atomic E-state index is 12.3. The molecule has 0 bridgehead atoms. The van der Waals surface area contributed by atoms with Crippen LogP contribution < -0.4 is 10.0 Å². The lowest BCUT2D eigenvalue weighted by atomic mass is 10.1. The summed E-state index contributed by atoms with van der Waals surface area (Å²) in [4.78, 5) is 11.1. The highest BCUT2D eigenvalue weighted by molar-refractivity contribution is 7.89. The summed E-state index contributed by atoms with van der Waals surface area (Å²) < 4.78 is 27.3. The van der Waals surface area contributed by atoms with E-state index in [9.17, 15) is 13.2 Å². The van der Waals surface area contributed by atoms with Gasteiger partial charge < -0.3 is 5.32 Å². The van der Waals surface area contributed by atoms with Gasteiger partial charge in [-0.3, -0.25) is 4.79 Å². The Morgan fingerprint density at radius 2 is 1.57 bits per heavy atom. The average molecular weight is 312 g/mol. The van der Waals surface area contributed by atoms with Gasteiger partial charge in [-0.2, -0.15) is 0 Å². The molecule has 5 nitrogen and oxygen atoms in total. The van der Waals surface area contributed by atoms with Gasteiger partial charge in [0.25, 0.3) is 0 Å². The van der Waals surface area contributed by atoms with E-state index in [1.165, 1.54) is 6.92 Å². The van der Waals surface area contributed by atoms with Crippen molar-refractivity contribution in [2.24, 2.45) is 0 Å². The molecular weight excluding hydrogens is 288 g/mol. The molecule has 2 N–H and O–H groups in total. The normalized spacial score (nSPS) is 11.4. The van der Waals surface area contributed by atoms with Gasteiger partial charge in [-0.25, -0.2) is 13.1 Å². The fourth-order valence-corrected chi connectivity index (χ4v) is 3.91. The van der Waals surface area contributed by atoms with Crippen LogP contribution in [0.2, 0.25) is 0 Å². The summed E-state index contributed by atoms with van der Waals surface area (Å²) in [6.07, 6.45) is 1.43. The fourth-order valence-electron chi connectivity index (χ4n) is 2.38. The number of carbonyl (C=O) groups is 1. The third-order valence-corrected chi connectivity index (χ3v) is 4.91. The Bertz CT molecular complexity index is 586. The molecule has 0 saturated carbocycles. The highest BCUT2D eigenvalue weighted by atomic mass is 32.2. The van der Waals surface area contributed by atoms with Gasteiger partial charge in [0, 0.05) is 20.0 Å². The monoisotopic (exact) mass is 312 g/mol. The van der Waals surface area contributed by atoms with Crippen molar-refractivity contribution in [3.05, 3.63) is 28.8 Å². The van der Waals surface area contributed by atoms with Crippen molar-refractivity contribution in [2.45, 2.75) is 45.4 Å². The predicted molar refractivity (Wildman–Crippen MR) is 83.8 cm³/mol. The molecule has 1 aromatic rings. The number of hydrogen-bond donors (Lipinski definition) is 2. The zero-order chi connectivity index (χ0) is 16.0. The van der Waals surface area contributed by atoms with E-state index in [2.05, 4.69) is 10.0 Å². The number of benzene rings is 1. The maximum atomic E-state index is 12.3. The van der Waals surface area contributed by atoms with E-state index in [1.54, 1.807) is 0 Å². The molecule has 0 aliphatic carbocycles. The second-order valence-electron chi connectivity index (χ2n) is 5.32. The van der Waals surface area contributed by atoms with Crippen molar-refractivity contribution in [3.8, 4) is 0 Å². The van der Waals surface area contributed by atoms with Crippen LogP contribution in [0, 0.1) is 20.8 Å². The Morgan fingerprint density at radius 1 is 1.05 bits per heavy atom. The molecule has 0 fully saturated rings. The molecule has 0 saturated heterocycles. The first-order chi connectivity index (χ1) is 9.74. The van der Waals surface area contributed by atoms with E-state index in [4.69, 9.17) is 0 Å². The number of amides is 1. The topological polar surface area (TPSA) is 75.3 Å². The molecule has 118 valence electrons. The molecule has 0 atom stereocenters. The summed E-state index contributed by atoms with van der Waals surface area (Å²) in [7, 11) is -3.48. The Balaban J connectivity index is 2.61. The van der Waals surface area contributed by atoms with Gasteiger partial charge in [-0.1, -0.05) is 17.7 Å². The summed E-state index contributed by atoms with van der Waals surface area (Å²) in [5.74, 6) is -0.0681. The Labute approximate surface area is 127 Å². The number of carbonyl (C=O) groups excluding carboxylic acids is 1. The summed E-state index contributed by atoms with van der Waals surface area (Å²) in [6.45, 7) is 7.97. The van der Waals surface area contributed by atoms with Crippen LogP contribution in [0.25, 0.3) is 0 Å². The minimum absolute atomic E-state index is 0.0681. The Morgan fingerprint density at radius 3 is 2.10 bits per heavy atom. The zero-order valence-electron chi connectivity index (χ0n) is 13.1. The van der Waals surface area contributed by atoms with E-state index in [0.29, 0.717) is 24.4 Å². The largest absolute Gasteiger partial charge is 0.356 e. The molecule has 0 aliphatic rings. The second-order valence-corrected chi connectivity index (χ2v) is 7.02. The molecule has 0 spiro atoms. The van der Waals surface area contributed by atoms with E-state index in [-0.39, 0.29) is 5.91 Å². The SMILES string of the molecule is CC(=O)NCCCCNS(=O)(=O)c1c(C)cc(C)cc1C. The number of sulfonamides is 1. The number of nitrogens with one attached hydrogen (secondary N) is 2. The van der Waals surface area contributed by atoms with Gasteiger partial charge in [0.05, 0.1) is 4.90 Å². The van der Waals surface area contributed by atoms with Crippen LogP contribution >= 0.6 is 0 Å². The molecular formula is C15H24N2O3S. The first-order valence-electron chi connectivity index (χ1n) is 7.06. The molecule has 1 aromatic carbocycles. The lowest BCUT2D eigenvalue weighted by Crippen LogP contribution is -2.27. The van der Waals surface area contributed by atoms with Crippen LogP contribution in [0.5, 0.6) is 0 Å². The lowest BCUT2D eigenvalue weighted by molar-refractivity contribution is -0.118. The van der Waals surface area contributed by atoms with E-state index in [0.717, 1.165) is 23.1 Å². The number of aryl methyl sites for hydroxylation is 3. The van der Waals surface area contributed by atoms with E-state index < -0.39 is 10.0 Å². The Hall–Kier alpha value is -1.40. The van der Waals surface area contributed by atoms with Gasteiger partial charge in [0.2, 0.25) is 15.9 Å². The number of rotatable bonds is 7. The highest BCUT2D eigenvalue weighted by Gasteiger charge is 2.19. The molecule has 0 radical (unpaired) electrons. The van der Waals surface area contributed by atoms with Crippen molar-refractivity contribution >= 4 is 15.9 Å². The van der Waals surface area contributed by atoms with Crippen LogP contribution in [0.3, 0.4) is 0 Å². The van der Waals surface area contributed by atoms with Crippen LogP contribution in [0.15, 0.2) is 17.0 Å². The van der Waals surface area contributed by atoms with Crippen molar-refractivity contribution < 1.29 is 13.2 Å². The number of unbranched alkanes of at least 4 members (excludes halogenated alkanes) is 1. The Kier molecular flexibility index (Phi) is 6.36. The fraction of sp³-hybridized carbons (Fsp3) is 0.533. The third-order valence-electron chi connectivity index (χ3n) is 3.14. The summed E-state index contributed by atoms with van der Waals surface area (Å²) in [5.41, 5.74) is 2.58. The zero-order valence-corrected chi connectivity index (χ0v) is 13.9. The molecule has 6 heteroatoms. The van der Waals surface area contributed by atoms with Crippen molar-refractivity contribution in [2.75, 3.05) is 13.1 Å².